The van der Waals surface area contributed by atoms with Gasteiger partial charge in [-0.1, -0.05) is 6.07 Å². The summed E-state index contributed by atoms with van der Waals surface area (Å²) in [5, 5.41) is 2.61. The van der Waals surface area contributed by atoms with E-state index in [1.165, 1.54) is 19.9 Å². The van der Waals surface area contributed by atoms with Crippen molar-refractivity contribution in [2.24, 2.45) is 0 Å². The summed E-state index contributed by atoms with van der Waals surface area (Å²) in [6, 6.07) is 6.30. The van der Waals surface area contributed by atoms with E-state index in [1.54, 1.807) is 18.2 Å². The predicted octanol–water partition coefficient (Wildman–Crippen LogP) is 1.32. The number of Topliss-reactive ketones (excluding diaryl/α,β-unsaturated/α-hetero) is 1. The number of rotatable bonds is 5. The monoisotopic (exact) mass is 249 g/mol. The molecule has 5 heteroatoms. The maximum Gasteiger partial charge on any atom is 0.308 e. The summed E-state index contributed by atoms with van der Waals surface area (Å²) in [4.78, 5) is 33.2. The number of hydrogen-bond acceptors (Lipinski definition) is 4. The second-order valence-electron chi connectivity index (χ2n) is 3.83. The van der Waals surface area contributed by atoms with Gasteiger partial charge in [0.05, 0.1) is 0 Å². The van der Waals surface area contributed by atoms with Crippen LogP contribution in [-0.4, -0.2) is 24.2 Å². The van der Waals surface area contributed by atoms with Crippen LogP contribution in [0.25, 0.3) is 0 Å². The molecule has 1 aromatic carbocycles. The highest BCUT2D eigenvalue weighted by atomic mass is 16.5. The summed E-state index contributed by atoms with van der Waals surface area (Å²) in [6.07, 6.45) is 0.301. The van der Waals surface area contributed by atoms with Crippen molar-refractivity contribution in [3.8, 4) is 5.75 Å². The zero-order valence-electron chi connectivity index (χ0n) is 10.4. The lowest BCUT2D eigenvalue weighted by molar-refractivity contribution is -0.131. The number of amides is 1. The number of benzene rings is 1. The molecule has 0 unspecified atom stereocenters. The molecule has 0 saturated carbocycles. The summed E-state index contributed by atoms with van der Waals surface area (Å²) in [7, 11) is 0. The van der Waals surface area contributed by atoms with Crippen LogP contribution >= 0.6 is 0 Å². The topological polar surface area (TPSA) is 72.5 Å². The van der Waals surface area contributed by atoms with E-state index >= 15 is 0 Å². The van der Waals surface area contributed by atoms with E-state index in [0.717, 1.165) is 0 Å². The van der Waals surface area contributed by atoms with Gasteiger partial charge in [0, 0.05) is 25.5 Å². The summed E-state index contributed by atoms with van der Waals surface area (Å²) >= 11 is 0. The van der Waals surface area contributed by atoms with E-state index in [1.807, 2.05) is 0 Å². The molecule has 0 fully saturated rings. The standard InChI is InChI=1S/C13H15NO4/c1-9(15)6-7-14-13(17)11-4-3-5-12(8-11)18-10(2)16/h3-5,8H,6-7H2,1-2H3,(H,14,17). The number of esters is 1. The van der Waals surface area contributed by atoms with E-state index in [4.69, 9.17) is 4.74 Å². The molecule has 0 heterocycles. The van der Waals surface area contributed by atoms with Crippen molar-refractivity contribution in [3.05, 3.63) is 29.8 Å². The smallest absolute Gasteiger partial charge is 0.308 e. The van der Waals surface area contributed by atoms with Crippen molar-refractivity contribution in [1.29, 1.82) is 0 Å². The Balaban J connectivity index is 2.62. The number of carbonyl (C=O) groups is 3. The first-order chi connectivity index (χ1) is 8.49. The zero-order chi connectivity index (χ0) is 13.5. The quantitative estimate of drug-likeness (QED) is 0.631. The summed E-state index contributed by atoms with van der Waals surface area (Å²) < 4.78 is 4.87. The normalized spacial score (nSPS) is 9.67. The first kappa shape index (κ1) is 13.9. The third-order valence-electron chi connectivity index (χ3n) is 2.12. The molecule has 0 atom stereocenters. The van der Waals surface area contributed by atoms with E-state index in [0.29, 0.717) is 24.3 Å². The first-order valence-electron chi connectivity index (χ1n) is 5.55. The molecule has 0 aliphatic rings. The van der Waals surface area contributed by atoms with Crippen LogP contribution < -0.4 is 10.1 Å². The molecule has 0 aromatic heterocycles. The first-order valence-corrected chi connectivity index (χ1v) is 5.55. The van der Waals surface area contributed by atoms with E-state index in [2.05, 4.69) is 5.32 Å². The van der Waals surface area contributed by atoms with E-state index in [9.17, 15) is 14.4 Å². The Bertz CT molecular complexity index is 468. The van der Waals surface area contributed by atoms with Gasteiger partial charge in [0.25, 0.3) is 5.91 Å². The van der Waals surface area contributed by atoms with Crippen molar-refractivity contribution in [1.82, 2.24) is 5.32 Å². The third kappa shape index (κ3) is 4.78. The zero-order valence-corrected chi connectivity index (χ0v) is 10.4. The molecule has 0 saturated heterocycles. The summed E-state index contributed by atoms with van der Waals surface area (Å²) in [5.41, 5.74) is 0.386. The van der Waals surface area contributed by atoms with Crippen LogP contribution in [0.5, 0.6) is 5.75 Å². The summed E-state index contributed by atoms with van der Waals surface area (Å²) in [6.45, 7) is 3.05. The lowest BCUT2D eigenvalue weighted by Crippen LogP contribution is -2.25. The lowest BCUT2D eigenvalue weighted by Gasteiger charge is -2.06. The molecule has 0 aliphatic carbocycles. The van der Waals surface area contributed by atoms with Crippen molar-refractivity contribution in [2.75, 3.05) is 6.54 Å². The molecular weight excluding hydrogens is 234 g/mol. The van der Waals surface area contributed by atoms with Crippen molar-refractivity contribution >= 4 is 17.7 Å². The Morgan fingerprint density at radius 2 is 1.94 bits per heavy atom. The maximum absolute atomic E-state index is 11.7. The lowest BCUT2D eigenvalue weighted by atomic mass is 10.2. The van der Waals surface area contributed by atoms with Gasteiger partial charge in [0.1, 0.15) is 11.5 Å². The highest BCUT2D eigenvalue weighted by Gasteiger charge is 2.07. The Kier molecular flexibility index (Phi) is 5.05. The molecule has 96 valence electrons. The van der Waals surface area contributed by atoms with Gasteiger partial charge in [-0.3, -0.25) is 14.4 Å². The van der Waals surface area contributed by atoms with Crippen LogP contribution in [-0.2, 0) is 9.59 Å². The average Bonchev–Trinajstić information content (AvgIpc) is 2.27. The van der Waals surface area contributed by atoms with Gasteiger partial charge in [-0.2, -0.15) is 0 Å². The van der Waals surface area contributed by atoms with Gasteiger partial charge in [-0.15, -0.1) is 0 Å². The number of nitrogens with one attached hydrogen (secondary N) is 1. The van der Waals surface area contributed by atoms with Crippen LogP contribution in [0.15, 0.2) is 24.3 Å². The molecular formula is C13H15NO4. The average molecular weight is 249 g/mol. The second-order valence-corrected chi connectivity index (χ2v) is 3.83. The fourth-order valence-electron chi connectivity index (χ4n) is 1.32. The molecule has 0 spiro atoms. The van der Waals surface area contributed by atoms with E-state index in [-0.39, 0.29) is 11.7 Å². The molecule has 0 bridgehead atoms. The van der Waals surface area contributed by atoms with Gasteiger partial charge in [-0.05, 0) is 25.1 Å². The van der Waals surface area contributed by atoms with Crippen LogP contribution in [0, 0.1) is 0 Å². The fourth-order valence-corrected chi connectivity index (χ4v) is 1.32. The van der Waals surface area contributed by atoms with Crippen molar-refractivity contribution < 1.29 is 19.1 Å². The number of ether oxygens (including phenoxy) is 1. The van der Waals surface area contributed by atoms with Gasteiger partial charge in [0.2, 0.25) is 0 Å². The Labute approximate surface area is 105 Å². The molecule has 1 amide bonds. The molecule has 0 radical (unpaired) electrons. The van der Waals surface area contributed by atoms with Gasteiger partial charge in [-0.25, -0.2) is 0 Å². The Hall–Kier alpha value is -2.17. The fraction of sp³-hybridized carbons (Fsp3) is 0.308. The SMILES string of the molecule is CC(=O)CCNC(=O)c1cccc(OC(C)=O)c1. The Morgan fingerprint density at radius 3 is 2.56 bits per heavy atom. The minimum Gasteiger partial charge on any atom is -0.427 e. The van der Waals surface area contributed by atoms with E-state index < -0.39 is 5.97 Å². The van der Waals surface area contributed by atoms with Crippen molar-refractivity contribution in [3.63, 3.8) is 0 Å². The molecule has 1 N–H and O–H groups in total. The van der Waals surface area contributed by atoms with Gasteiger partial charge >= 0.3 is 5.97 Å². The van der Waals surface area contributed by atoms with Crippen LogP contribution in [0.4, 0.5) is 0 Å². The summed E-state index contributed by atoms with van der Waals surface area (Å²) in [5.74, 6) is -0.403. The third-order valence-corrected chi connectivity index (χ3v) is 2.12. The minimum absolute atomic E-state index is 0.0176. The van der Waals surface area contributed by atoms with Gasteiger partial charge in [0.15, 0.2) is 0 Å². The highest BCUT2D eigenvalue weighted by molar-refractivity contribution is 5.94. The number of carbonyl (C=O) groups excluding carboxylic acids is 3. The number of hydrogen-bond donors (Lipinski definition) is 1. The van der Waals surface area contributed by atoms with Crippen LogP contribution in [0.3, 0.4) is 0 Å². The molecule has 5 nitrogen and oxygen atoms in total. The molecule has 0 aliphatic heterocycles. The largest absolute Gasteiger partial charge is 0.427 e. The van der Waals surface area contributed by atoms with Crippen LogP contribution in [0.1, 0.15) is 30.6 Å². The molecule has 1 aromatic rings. The highest BCUT2D eigenvalue weighted by Crippen LogP contribution is 2.13. The molecule has 18 heavy (non-hydrogen) atoms. The van der Waals surface area contributed by atoms with Crippen LogP contribution in [0.2, 0.25) is 0 Å². The Morgan fingerprint density at radius 1 is 1.22 bits per heavy atom. The predicted molar refractivity (Wildman–Crippen MR) is 65.4 cm³/mol. The van der Waals surface area contributed by atoms with Crippen molar-refractivity contribution in [2.45, 2.75) is 20.3 Å². The maximum atomic E-state index is 11.7. The van der Waals surface area contributed by atoms with Gasteiger partial charge < -0.3 is 10.1 Å². The number of ketones is 1. The molecule has 1 rings (SSSR count). The second kappa shape index (κ2) is 6.54. The minimum atomic E-state index is -0.441.